The van der Waals surface area contributed by atoms with E-state index in [4.69, 9.17) is 0 Å². The Morgan fingerprint density at radius 2 is 2.26 bits per heavy atom. The van der Waals surface area contributed by atoms with Crippen LogP contribution in [0.1, 0.15) is 13.3 Å². The van der Waals surface area contributed by atoms with E-state index in [1.807, 2.05) is 24.3 Å². The van der Waals surface area contributed by atoms with E-state index >= 15 is 0 Å². The highest BCUT2D eigenvalue weighted by molar-refractivity contribution is 7.22. The number of rotatable bonds is 3. The number of fused-ring (bicyclic) bond motifs is 1. The molecule has 0 spiro atoms. The lowest BCUT2D eigenvalue weighted by molar-refractivity contribution is -0.158. The molecule has 0 unspecified atom stereocenters. The Hall–Kier alpha value is -1.64. The number of piperidine rings is 1. The number of anilines is 1. The molecule has 2 atom stereocenters. The maximum atomic E-state index is 13.6. The number of amides is 1. The number of halogens is 2. The van der Waals surface area contributed by atoms with Crippen LogP contribution in [0, 0.1) is 0 Å². The first-order valence-corrected chi connectivity index (χ1v) is 8.15. The SMILES string of the molecule is C[C@H](C(=O)Nc1nc2ccccc2s1)N1CC[C@@H](O)C(F)(F)C1. The lowest BCUT2D eigenvalue weighted by atomic mass is 10.0. The minimum Gasteiger partial charge on any atom is -0.387 e. The highest BCUT2D eigenvalue weighted by atomic mass is 32.1. The molecule has 1 aliphatic heterocycles. The first-order valence-electron chi connectivity index (χ1n) is 7.33. The van der Waals surface area contributed by atoms with Crippen LogP contribution in [0.3, 0.4) is 0 Å². The summed E-state index contributed by atoms with van der Waals surface area (Å²) in [5.41, 5.74) is 0.785. The van der Waals surface area contributed by atoms with Gasteiger partial charge in [0.2, 0.25) is 5.91 Å². The molecule has 1 aromatic heterocycles. The number of hydrogen-bond donors (Lipinski definition) is 2. The monoisotopic (exact) mass is 341 g/mol. The summed E-state index contributed by atoms with van der Waals surface area (Å²) in [5.74, 6) is -3.57. The minimum atomic E-state index is -3.19. The number of aromatic nitrogens is 1. The molecule has 8 heteroatoms. The number of para-hydroxylation sites is 1. The Morgan fingerprint density at radius 1 is 1.52 bits per heavy atom. The molecule has 1 aromatic carbocycles. The zero-order valence-electron chi connectivity index (χ0n) is 12.5. The lowest BCUT2D eigenvalue weighted by Crippen LogP contribution is -2.56. The van der Waals surface area contributed by atoms with Gasteiger partial charge in [-0.2, -0.15) is 0 Å². The van der Waals surface area contributed by atoms with Gasteiger partial charge in [0, 0.05) is 6.54 Å². The third-order valence-corrected chi connectivity index (χ3v) is 4.99. The van der Waals surface area contributed by atoms with Gasteiger partial charge in [-0.25, -0.2) is 13.8 Å². The minimum absolute atomic E-state index is 0.0498. The van der Waals surface area contributed by atoms with Crippen LogP contribution >= 0.6 is 11.3 Å². The van der Waals surface area contributed by atoms with E-state index in [1.165, 1.54) is 16.2 Å². The van der Waals surface area contributed by atoms with Gasteiger partial charge in [-0.05, 0) is 25.5 Å². The second kappa shape index (κ2) is 6.10. The molecule has 1 amide bonds. The molecule has 0 saturated carbocycles. The van der Waals surface area contributed by atoms with Crippen LogP contribution in [0.5, 0.6) is 0 Å². The standard InChI is InChI=1S/C15H17F2N3O2S/c1-9(20-7-6-12(21)15(16,17)8-20)13(22)19-14-18-10-4-2-3-5-11(10)23-14/h2-5,9,12,21H,6-8H2,1H3,(H,18,19,22)/t9-,12-/m1/s1. The molecule has 1 saturated heterocycles. The summed E-state index contributed by atoms with van der Waals surface area (Å²) in [6, 6.07) is 6.77. The van der Waals surface area contributed by atoms with Gasteiger partial charge in [0.1, 0.15) is 6.10 Å². The Kier molecular flexibility index (Phi) is 4.31. The van der Waals surface area contributed by atoms with Crippen molar-refractivity contribution in [1.82, 2.24) is 9.88 Å². The fourth-order valence-corrected chi connectivity index (χ4v) is 3.46. The second-order valence-corrected chi connectivity index (χ2v) is 6.72. The van der Waals surface area contributed by atoms with Crippen LogP contribution in [0.25, 0.3) is 10.2 Å². The van der Waals surface area contributed by atoms with Crippen molar-refractivity contribution in [2.75, 3.05) is 18.4 Å². The fourth-order valence-electron chi connectivity index (χ4n) is 2.59. The summed E-state index contributed by atoms with van der Waals surface area (Å²) in [4.78, 5) is 18.0. The van der Waals surface area contributed by atoms with E-state index in [1.54, 1.807) is 6.92 Å². The number of alkyl halides is 2. The van der Waals surface area contributed by atoms with Crippen molar-refractivity contribution in [3.8, 4) is 0 Å². The summed E-state index contributed by atoms with van der Waals surface area (Å²) in [6.45, 7) is 1.21. The van der Waals surface area contributed by atoms with Crippen LogP contribution in [-0.4, -0.2) is 52.1 Å². The second-order valence-electron chi connectivity index (χ2n) is 5.69. The van der Waals surface area contributed by atoms with Crippen molar-refractivity contribution in [1.29, 1.82) is 0 Å². The third-order valence-electron chi connectivity index (χ3n) is 4.04. The van der Waals surface area contributed by atoms with Crippen LogP contribution in [0.4, 0.5) is 13.9 Å². The number of carbonyl (C=O) groups excluding carboxylic acids is 1. The number of carbonyl (C=O) groups is 1. The van der Waals surface area contributed by atoms with Gasteiger partial charge in [-0.15, -0.1) is 0 Å². The Bertz CT molecular complexity index is 689. The van der Waals surface area contributed by atoms with Gasteiger partial charge in [0.25, 0.3) is 5.92 Å². The zero-order valence-corrected chi connectivity index (χ0v) is 13.3. The van der Waals surface area contributed by atoms with E-state index in [-0.39, 0.29) is 18.9 Å². The number of hydrogen-bond acceptors (Lipinski definition) is 5. The molecular formula is C15H17F2N3O2S. The van der Waals surface area contributed by atoms with E-state index in [9.17, 15) is 18.7 Å². The van der Waals surface area contributed by atoms with Gasteiger partial charge in [0.05, 0.1) is 22.8 Å². The Labute approximate surface area is 135 Å². The summed E-state index contributed by atoms with van der Waals surface area (Å²) in [5, 5.41) is 12.4. The molecule has 5 nitrogen and oxygen atoms in total. The molecule has 2 aromatic rings. The van der Waals surface area contributed by atoms with E-state index in [0.29, 0.717) is 5.13 Å². The summed E-state index contributed by atoms with van der Waals surface area (Å²) < 4.78 is 28.2. The van der Waals surface area contributed by atoms with Gasteiger partial charge in [0.15, 0.2) is 5.13 Å². The number of nitrogens with one attached hydrogen (secondary N) is 1. The van der Waals surface area contributed by atoms with E-state index in [2.05, 4.69) is 10.3 Å². The molecule has 2 heterocycles. The molecule has 0 radical (unpaired) electrons. The molecule has 0 aliphatic carbocycles. The van der Waals surface area contributed by atoms with Crippen molar-refractivity contribution in [3.63, 3.8) is 0 Å². The Balaban J connectivity index is 1.68. The molecule has 0 bridgehead atoms. The maximum Gasteiger partial charge on any atom is 0.285 e. The van der Waals surface area contributed by atoms with Crippen LogP contribution in [-0.2, 0) is 4.79 Å². The Morgan fingerprint density at radius 3 is 2.96 bits per heavy atom. The number of aliphatic hydroxyl groups is 1. The topological polar surface area (TPSA) is 65.5 Å². The smallest absolute Gasteiger partial charge is 0.285 e. The summed E-state index contributed by atoms with van der Waals surface area (Å²) in [6.07, 6.45) is -1.69. The average molecular weight is 341 g/mol. The highest BCUT2D eigenvalue weighted by Crippen LogP contribution is 2.29. The maximum absolute atomic E-state index is 13.6. The largest absolute Gasteiger partial charge is 0.387 e. The number of nitrogens with zero attached hydrogens (tertiary/aromatic N) is 2. The zero-order chi connectivity index (χ0) is 16.6. The summed E-state index contributed by atoms with van der Waals surface area (Å²) >= 11 is 1.34. The fraction of sp³-hybridized carbons (Fsp3) is 0.467. The molecule has 3 rings (SSSR count). The molecule has 2 N–H and O–H groups in total. The van der Waals surface area contributed by atoms with Crippen molar-refractivity contribution in [2.45, 2.75) is 31.4 Å². The van der Waals surface area contributed by atoms with Crippen LogP contribution in [0.2, 0.25) is 0 Å². The van der Waals surface area contributed by atoms with E-state index in [0.717, 1.165) is 10.2 Å². The number of likely N-dealkylation sites (tertiary alicyclic amines) is 1. The first-order chi connectivity index (χ1) is 10.9. The molecule has 124 valence electrons. The van der Waals surface area contributed by atoms with Crippen molar-refractivity contribution in [3.05, 3.63) is 24.3 Å². The quantitative estimate of drug-likeness (QED) is 0.899. The number of thiazole rings is 1. The number of aliphatic hydroxyl groups excluding tert-OH is 1. The molecular weight excluding hydrogens is 324 g/mol. The van der Waals surface area contributed by atoms with Gasteiger partial charge in [-0.3, -0.25) is 9.69 Å². The summed E-state index contributed by atoms with van der Waals surface area (Å²) in [7, 11) is 0. The van der Waals surface area contributed by atoms with Gasteiger partial charge >= 0.3 is 0 Å². The lowest BCUT2D eigenvalue weighted by Gasteiger charge is -2.38. The predicted molar refractivity (Wildman–Crippen MR) is 84.9 cm³/mol. The molecule has 1 aliphatic rings. The predicted octanol–water partition coefficient (Wildman–Crippen LogP) is 2.33. The third kappa shape index (κ3) is 3.34. The van der Waals surface area contributed by atoms with Crippen LogP contribution in [0.15, 0.2) is 24.3 Å². The van der Waals surface area contributed by atoms with Gasteiger partial charge in [-0.1, -0.05) is 23.5 Å². The van der Waals surface area contributed by atoms with E-state index < -0.39 is 24.6 Å². The average Bonchev–Trinajstić information content (AvgIpc) is 2.91. The van der Waals surface area contributed by atoms with Crippen molar-refractivity contribution < 1.29 is 18.7 Å². The van der Waals surface area contributed by atoms with Crippen LogP contribution < -0.4 is 5.32 Å². The van der Waals surface area contributed by atoms with Crippen molar-refractivity contribution in [2.24, 2.45) is 0 Å². The van der Waals surface area contributed by atoms with Crippen molar-refractivity contribution >= 4 is 32.6 Å². The normalized spacial score (nSPS) is 22.9. The molecule has 23 heavy (non-hydrogen) atoms. The first kappa shape index (κ1) is 16.2. The van der Waals surface area contributed by atoms with Gasteiger partial charge < -0.3 is 10.4 Å². The highest BCUT2D eigenvalue weighted by Gasteiger charge is 2.45. The molecule has 1 fully saturated rings. The number of benzene rings is 1.